The van der Waals surface area contributed by atoms with E-state index >= 15 is 0 Å². The molecule has 0 radical (unpaired) electrons. The molecule has 1 unspecified atom stereocenters. The van der Waals surface area contributed by atoms with Crippen molar-refractivity contribution in [2.45, 2.75) is 19.6 Å². The third-order valence-corrected chi connectivity index (χ3v) is 3.98. The summed E-state index contributed by atoms with van der Waals surface area (Å²) in [7, 11) is 0. The standard InChI is InChI=1S/C16H16Br2O/c1-12-4-2-6-14(8-12)16(10-17)19-11-13-5-3-7-15(18)9-13/h2-9,16H,10-11H2,1H3. The Morgan fingerprint density at radius 3 is 2.58 bits per heavy atom. The molecule has 0 heterocycles. The Balaban J connectivity index is 2.04. The summed E-state index contributed by atoms with van der Waals surface area (Å²) in [6, 6.07) is 16.7. The van der Waals surface area contributed by atoms with Crippen LogP contribution in [0, 0.1) is 6.92 Å². The van der Waals surface area contributed by atoms with Gasteiger partial charge in [-0.15, -0.1) is 0 Å². The molecule has 19 heavy (non-hydrogen) atoms. The average molecular weight is 384 g/mol. The lowest BCUT2D eigenvalue weighted by molar-refractivity contribution is 0.0565. The molecule has 0 saturated carbocycles. The molecule has 1 atom stereocenters. The molecule has 0 saturated heterocycles. The molecule has 1 nitrogen and oxygen atoms in total. The van der Waals surface area contributed by atoms with Gasteiger partial charge in [0.25, 0.3) is 0 Å². The van der Waals surface area contributed by atoms with Crippen molar-refractivity contribution in [3.8, 4) is 0 Å². The third kappa shape index (κ3) is 4.44. The lowest BCUT2D eigenvalue weighted by Gasteiger charge is -2.16. The van der Waals surface area contributed by atoms with Crippen LogP contribution >= 0.6 is 31.9 Å². The van der Waals surface area contributed by atoms with Crippen molar-refractivity contribution in [3.05, 3.63) is 69.7 Å². The summed E-state index contributed by atoms with van der Waals surface area (Å²) in [6.45, 7) is 2.72. The zero-order valence-corrected chi connectivity index (χ0v) is 13.9. The summed E-state index contributed by atoms with van der Waals surface area (Å²) in [4.78, 5) is 0. The van der Waals surface area contributed by atoms with Gasteiger partial charge in [-0.3, -0.25) is 0 Å². The van der Waals surface area contributed by atoms with Crippen LogP contribution in [-0.4, -0.2) is 5.33 Å². The summed E-state index contributed by atoms with van der Waals surface area (Å²) >= 11 is 7.01. The SMILES string of the molecule is Cc1cccc(C(CBr)OCc2cccc(Br)c2)c1. The summed E-state index contributed by atoms with van der Waals surface area (Å²) in [5.74, 6) is 0. The second kappa shape index (κ2) is 7.22. The zero-order valence-electron chi connectivity index (χ0n) is 10.8. The lowest BCUT2D eigenvalue weighted by Crippen LogP contribution is -2.06. The maximum atomic E-state index is 6.01. The van der Waals surface area contributed by atoms with Crippen LogP contribution < -0.4 is 0 Å². The molecular formula is C16H16Br2O. The molecule has 0 aliphatic heterocycles. The van der Waals surface area contributed by atoms with E-state index in [1.54, 1.807) is 0 Å². The van der Waals surface area contributed by atoms with Crippen molar-refractivity contribution in [3.63, 3.8) is 0 Å². The van der Waals surface area contributed by atoms with Crippen molar-refractivity contribution < 1.29 is 4.74 Å². The van der Waals surface area contributed by atoms with Gasteiger partial charge in [-0.2, -0.15) is 0 Å². The molecule has 0 N–H and O–H groups in total. The first-order valence-electron chi connectivity index (χ1n) is 6.17. The van der Waals surface area contributed by atoms with Gasteiger partial charge in [-0.25, -0.2) is 0 Å². The number of hydrogen-bond donors (Lipinski definition) is 0. The number of alkyl halides is 1. The second-order valence-electron chi connectivity index (χ2n) is 4.50. The highest BCUT2D eigenvalue weighted by atomic mass is 79.9. The van der Waals surface area contributed by atoms with Gasteiger partial charge in [0.15, 0.2) is 0 Å². The zero-order chi connectivity index (χ0) is 13.7. The Bertz CT molecular complexity index is 540. The third-order valence-electron chi connectivity index (χ3n) is 2.89. The quantitative estimate of drug-likeness (QED) is 0.627. The first-order valence-corrected chi connectivity index (χ1v) is 8.09. The maximum absolute atomic E-state index is 6.01. The van der Waals surface area contributed by atoms with Gasteiger partial charge in [0, 0.05) is 9.80 Å². The van der Waals surface area contributed by atoms with Gasteiger partial charge in [0.2, 0.25) is 0 Å². The van der Waals surface area contributed by atoms with Crippen LogP contribution in [0.15, 0.2) is 53.0 Å². The molecule has 100 valence electrons. The first-order chi connectivity index (χ1) is 9.19. The number of rotatable bonds is 5. The van der Waals surface area contributed by atoms with Gasteiger partial charge in [0.05, 0.1) is 12.7 Å². The monoisotopic (exact) mass is 382 g/mol. The predicted molar refractivity (Wildman–Crippen MR) is 86.6 cm³/mol. The molecule has 0 amide bonds. The summed E-state index contributed by atoms with van der Waals surface area (Å²) in [5.41, 5.74) is 3.65. The molecule has 0 aromatic heterocycles. The molecule has 0 aliphatic carbocycles. The summed E-state index contributed by atoms with van der Waals surface area (Å²) in [5, 5.41) is 0.796. The van der Waals surface area contributed by atoms with Crippen LogP contribution in [0.2, 0.25) is 0 Å². The Morgan fingerprint density at radius 2 is 1.89 bits per heavy atom. The molecular weight excluding hydrogens is 368 g/mol. The molecule has 0 fully saturated rings. The highest BCUT2D eigenvalue weighted by Gasteiger charge is 2.10. The van der Waals surface area contributed by atoms with E-state index in [1.165, 1.54) is 16.7 Å². The van der Waals surface area contributed by atoms with Gasteiger partial charge < -0.3 is 4.74 Å². The van der Waals surface area contributed by atoms with Crippen molar-refractivity contribution >= 4 is 31.9 Å². The number of aryl methyl sites for hydroxylation is 1. The Morgan fingerprint density at radius 1 is 1.11 bits per heavy atom. The normalized spacial score (nSPS) is 12.4. The molecule has 0 aliphatic rings. The van der Waals surface area contributed by atoms with Crippen LogP contribution in [0.4, 0.5) is 0 Å². The summed E-state index contributed by atoms with van der Waals surface area (Å²) < 4.78 is 7.09. The van der Waals surface area contributed by atoms with Gasteiger partial charge in [-0.05, 0) is 30.2 Å². The van der Waals surface area contributed by atoms with E-state index in [0.29, 0.717) is 6.61 Å². The Hall–Kier alpha value is -0.640. The Labute approximate surface area is 131 Å². The van der Waals surface area contributed by atoms with Gasteiger partial charge >= 0.3 is 0 Å². The van der Waals surface area contributed by atoms with Crippen LogP contribution in [0.1, 0.15) is 22.8 Å². The van der Waals surface area contributed by atoms with E-state index < -0.39 is 0 Å². The van der Waals surface area contributed by atoms with E-state index in [1.807, 2.05) is 12.1 Å². The Kier molecular flexibility index (Phi) is 5.61. The molecule has 2 aromatic rings. The van der Waals surface area contributed by atoms with Crippen LogP contribution in [0.25, 0.3) is 0 Å². The fraction of sp³-hybridized carbons (Fsp3) is 0.250. The van der Waals surface area contributed by atoms with Gasteiger partial charge in [0.1, 0.15) is 0 Å². The van der Waals surface area contributed by atoms with Crippen molar-refractivity contribution in [2.24, 2.45) is 0 Å². The lowest BCUT2D eigenvalue weighted by atomic mass is 10.1. The minimum atomic E-state index is 0.0823. The second-order valence-corrected chi connectivity index (χ2v) is 6.06. The number of ether oxygens (including phenoxy) is 1. The largest absolute Gasteiger partial charge is 0.368 e. The van der Waals surface area contributed by atoms with E-state index in [2.05, 4.69) is 75.2 Å². The highest BCUT2D eigenvalue weighted by Crippen LogP contribution is 2.23. The first kappa shape index (κ1) is 14.8. The minimum Gasteiger partial charge on any atom is -0.368 e. The minimum absolute atomic E-state index is 0.0823. The molecule has 0 spiro atoms. The van der Waals surface area contributed by atoms with Crippen molar-refractivity contribution in [1.29, 1.82) is 0 Å². The molecule has 2 rings (SSSR count). The molecule has 2 aromatic carbocycles. The predicted octanol–water partition coefficient (Wildman–Crippen LogP) is 5.41. The maximum Gasteiger partial charge on any atom is 0.0926 e. The number of hydrogen-bond acceptors (Lipinski definition) is 1. The van der Waals surface area contributed by atoms with Crippen LogP contribution in [0.3, 0.4) is 0 Å². The van der Waals surface area contributed by atoms with Crippen molar-refractivity contribution in [1.82, 2.24) is 0 Å². The van der Waals surface area contributed by atoms with Crippen LogP contribution in [0.5, 0.6) is 0 Å². The highest BCUT2D eigenvalue weighted by molar-refractivity contribution is 9.10. The van der Waals surface area contributed by atoms with Crippen molar-refractivity contribution in [2.75, 3.05) is 5.33 Å². The average Bonchev–Trinajstić information content (AvgIpc) is 2.40. The van der Waals surface area contributed by atoms with Crippen LogP contribution in [-0.2, 0) is 11.3 Å². The topological polar surface area (TPSA) is 9.23 Å². The molecule has 3 heteroatoms. The summed E-state index contributed by atoms with van der Waals surface area (Å²) in [6.07, 6.45) is 0.0823. The number of benzene rings is 2. The van der Waals surface area contributed by atoms with Gasteiger partial charge in [-0.1, -0.05) is 73.8 Å². The fourth-order valence-corrected chi connectivity index (χ4v) is 2.93. The van der Waals surface area contributed by atoms with E-state index in [-0.39, 0.29) is 6.10 Å². The molecule has 0 bridgehead atoms. The van der Waals surface area contributed by atoms with E-state index in [9.17, 15) is 0 Å². The fourth-order valence-electron chi connectivity index (χ4n) is 1.92. The smallest absolute Gasteiger partial charge is 0.0926 e. The number of halogens is 2. The van der Waals surface area contributed by atoms with E-state index in [4.69, 9.17) is 4.74 Å². The van der Waals surface area contributed by atoms with E-state index in [0.717, 1.165) is 9.80 Å².